The molecule has 1 fully saturated rings. The van der Waals surface area contributed by atoms with Crippen molar-refractivity contribution >= 4 is 5.91 Å². The molecule has 0 aromatic carbocycles. The van der Waals surface area contributed by atoms with Crippen molar-refractivity contribution in [3.63, 3.8) is 0 Å². The molecule has 0 bridgehead atoms. The predicted molar refractivity (Wildman–Crippen MR) is 100 cm³/mol. The first-order valence-electron chi connectivity index (χ1n) is 10.3. The largest absolute Gasteiger partial charge is 0.435 e. The van der Waals surface area contributed by atoms with Gasteiger partial charge in [-0.15, -0.1) is 0 Å². The van der Waals surface area contributed by atoms with Gasteiger partial charge in [0.05, 0.1) is 12.2 Å². The van der Waals surface area contributed by atoms with E-state index in [0.29, 0.717) is 25.1 Å². The zero-order valence-electron chi connectivity index (χ0n) is 16.6. The van der Waals surface area contributed by atoms with Gasteiger partial charge in [-0.05, 0) is 38.5 Å². The quantitative estimate of drug-likeness (QED) is 0.778. The Hall–Kier alpha value is -2.32. The summed E-state index contributed by atoms with van der Waals surface area (Å²) in [6, 6.07) is -0.0906. The number of nitrogens with zero attached hydrogens (tertiary/aromatic N) is 5. The second kappa shape index (κ2) is 7.84. The maximum absolute atomic E-state index is 13.4. The molecule has 158 valence electrons. The maximum Gasteiger partial charge on any atom is 0.435 e. The standard InChI is InChI=1S/C20H26F3N5O/c1-26-12-14(11-24-26)16-8-3-2-6-10-27(16)18(29)13-28-17-9-5-4-7-15(17)19(25-28)20(21,22)23/h11-12,16H,2-10,13H2,1H3/t16-/m1/s1. The number of fused-ring (bicyclic) bond motifs is 1. The molecule has 4 rings (SSSR count). The Balaban J connectivity index is 1.61. The van der Waals surface area contributed by atoms with Gasteiger partial charge in [0.15, 0.2) is 5.69 Å². The number of hydrogen-bond acceptors (Lipinski definition) is 3. The van der Waals surface area contributed by atoms with Crippen LogP contribution in [0.25, 0.3) is 0 Å². The first-order valence-corrected chi connectivity index (χ1v) is 10.3. The highest BCUT2D eigenvalue weighted by molar-refractivity contribution is 5.76. The lowest BCUT2D eigenvalue weighted by atomic mass is 9.95. The normalized spacial score (nSPS) is 20.4. The number of hydrogen-bond donors (Lipinski definition) is 0. The molecule has 1 saturated heterocycles. The Kier molecular flexibility index (Phi) is 5.40. The highest BCUT2D eigenvalue weighted by Gasteiger charge is 2.40. The molecule has 2 aliphatic rings. The lowest BCUT2D eigenvalue weighted by Crippen LogP contribution is -2.37. The van der Waals surface area contributed by atoms with Gasteiger partial charge in [-0.3, -0.25) is 14.2 Å². The molecule has 2 aromatic rings. The Bertz CT molecular complexity index is 885. The van der Waals surface area contributed by atoms with E-state index in [-0.39, 0.29) is 24.1 Å². The van der Waals surface area contributed by atoms with Gasteiger partial charge in [-0.1, -0.05) is 12.8 Å². The van der Waals surface area contributed by atoms with Gasteiger partial charge in [0.1, 0.15) is 6.54 Å². The predicted octanol–water partition coefficient (Wildman–Crippen LogP) is 3.66. The molecule has 0 unspecified atom stereocenters. The Morgan fingerprint density at radius 1 is 1.17 bits per heavy atom. The minimum atomic E-state index is -4.49. The number of likely N-dealkylation sites (tertiary alicyclic amines) is 1. The Morgan fingerprint density at radius 3 is 2.69 bits per heavy atom. The van der Waals surface area contributed by atoms with Gasteiger partial charge < -0.3 is 4.90 Å². The number of rotatable bonds is 3. The van der Waals surface area contributed by atoms with Crippen LogP contribution < -0.4 is 0 Å². The topological polar surface area (TPSA) is 56.0 Å². The summed E-state index contributed by atoms with van der Waals surface area (Å²) in [5.74, 6) is -0.176. The van der Waals surface area contributed by atoms with Crippen molar-refractivity contribution in [1.82, 2.24) is 24.5 Å². The van der Waals surface area contributed by atoms with Crippen LogP contribution in [-0.4, -0.2) is 36.9 Å². The average molecular weight is 409 g/mol. The number of carbonyl (C=O) groups is 1. The molecule has 29 heavy (non-hydrogen) atoms. The van der Waals surface area contributed by atoms with Crippen molar-refractivity contribution in [3.05, 3.63) is 34.9 Å². The molecule has 0 spiro atoms. The van der Waals surface area contributed by atoms with Gasteiger partial charge in [-0.2, -0.15) is 23.4 Å². The highest BCUT2D eigenvalue weighted by atomic mass is 19.4. The maximum atomic E-state index is 13.4. The van der Waals surface area contributed by atoms with E-state index in [1.54, 1.807) is 10.9 Å². The summed E-state index contributed by atoms with van der Waals surface area (Å²) in [4.78, 5) is 15.0. The van der Waals surface area contributed by atoms with Crippen LogP contribution in [0.4, 0.5) is 13.2 Å². The monoisotopic (exact) mass is 409 g/mol. The minimum Gasteiger partial charge on any atom is -0.334 e. The Morgan fingerprint density at radius 2 is 1.97 bits per heavy atom. The van der Waals surface area contributed by atoms with Crippen molar-refractivity contribution in [2.75, 3.05) is 6.54 Å². The summed E-state index contributed by atoms with van der Waals surface area (Å²) in [5, 5.41) is 8.08. The summed E-state index contributed by atoms with van der Waals surface area (Å²) >= 11 is 0. The van der Waals surface area contributed by atoms with Gasteiger partial charge >= 0.3 is 6.18 Å². The fraction of sp³-hybridized carbons (Fsp3) is 0.650. The van der Waals surface area contributed by atoms with Gasteiger partial charge in [-0.25, -0.2) is 0 Å². The third-order valence-electron chi connectivity index (χ3n) is 5.99. The third-order valence-corrected chi connectivity index (χ3v) is 5.99. The lowest BCUT2D eigenvalue weighted by molar-refractivity contribution is -0.143. The van der Waals surface area contributed by atoms with Crippen LogP contribution in [-0.2, 0) is 37.4 Å². The zero-order chi connectivity index (χ0) is 20.6. The molecular formula is C20H26F3N5O. The van der Waals surface area contributed by atoms with Crippen molar-refractivity contribution < 1.29 is 18.0 Å². The third kappa shape index (κ3) is 4.04. The van der Waals surface area contributed by atoms with Crippen LogP contribution >= 0.6 is 0 Å². The fourth-order valence-corrected chi connectivity index (χ4v) is 4.61. The lowest BCUT2D eigenvalue weighted by Gasteiger charge is -2.30. The van der Waals surface area contributed by atoms with E-state index in [9.17, 15) is 18.0 Å². The van der Waals surface area contributed by atoms with Crippen LogP contribution in [0.5, 0.6) is 0 Å². The smallest absolute Gasteiger partial charge is 0.334 e. The van der Waals surface area contributed by atoms with E-state index in [1.165, 1.54) is 4.68 Å². The SMILES string of the molecule is Cn1cc([C@H]2CCCCCN2C(=O)Cn2nc(C(F)(F)F)c3c2CCCC3)cn1. The molecule has 1 aliphatic carbocycles. The Labute approximate surface area is 167 Å². The summed E-state index contributed by atoms with van der Waals surface area (Å²) in [7, 11) is 1.83. The van der Waals surface area contributed by atoms with E-state index >= 15 is 0 Å². The molecule has 2 aromatic heterocycles. The molecule has 0 saturated carbocycles. The molecule has 1 atom stereocenters. The van der Waals surface area contributed by atoms with Crippen LogP contribution in [0.3, 0.4) is 0 Å². The first kappa shape index (κ1) is 20.0. The number of carbonyl (C=O) groups excluding carboxylic acids is 1. The van der Waals surface area contributed by atoms with Gasteiger partial charge in [0.25, 0.3) is 0 Å². The highest BCUT2D eigenvalue weighted by Crippen LogP contribution is 2.36. The van der Waals surface area contributed by atoms with E-state index in [2.05, 4.69) is 10.2 Å². The molecule has 1 amide bonds. The van der Waals surface area contributed by atoms with Crippen LogP contribution in [0.2, 0.25) is 0 Å². The van der Waals surface area contributed by atoms with Crippen LogP contribution in [0, 0.1) is 0 Å². The van der Waals surface area contributed by atoms with Crippen molar-refractivity contribution in [2.24, 2.45) is 7.05 Å². The molecule has 0 radical (unpaired) electrons. The second-order valence-corrected chi connectivity index (χ2v) is 8.04. The van der Waals surface area contributed by atoms with Crippen molar-refractivity contribution in [2.45, 2.75) is 70.1 Å². The summed E-state index contributed by atoms with van der Waals surface area (Å²) in [6.45, 7) is 0.461. The first-order chi connectivity index (χ1) is 13.8. The van der Waals surface area contributed by atoms with Crippen LogP contribution in [0.1, 0.15) is 67.1 Å². The number of amides is 1. The summed E-state index contributed by atoms with van der Waals surface area (Å²) < 4.78 is 43.3. The molecule has 6 nitrogen and oxygen atoms in total. The molecule has 0 N–H and O–H groups in total. The van der Waals surface area contributed by atoms with E-state index in [1.807, 2.05) is 18.1 Å². The average Bonchev–Trinajstić information content (AvgIpc) is 3.17. The number of aromatic nitrogens is 4. The zero-order valence-corrected chi connectivity index (χ0v) is 16.6. The van der Waals surface area contributed by atoms with Gasteiger partial charge in [0.2, 0.25) is 5.91 Å². The van der Waals surface area contributed by atoms with E-state index in [0.717, 1.165) is 44.1 Å². The molecule has 9 heteroatoms. The number of halogens is 3. The van der Waals surface area contributed by atoms with E-state index in [4.69, 9.17) is 0 Å². The number of aryl methyl sites for hydroxylation is 1. The van der Waals surface area contributed by atoms with Crippen molar-refractivity contribution in [3.8, 4) is 0 Å². The second-order valence-electron chi connectivity index (χ2n) is 8.04. The number of alkyl halides is 3. The van der Waals surface area contributed by atoms with Gasteiger partial charge in [0, 0.05) is 36.6 Å². The van der Waals surface area contributed by atoms with Crippen LogP contribution in [0.15, 0.2) is 12.4 Å². The molecular weight excluding hydrogens is 383 g/mol. The van der Waals surface area contributed by atoms with Crippen molar-refractivity contribution in [1.29, 1.82) is 0 Å². The van der Waals surface area contributed by atoms with E-state index < -0.39 is 11.9 Å². The summed E-state index contributed by atoms with van der Waals surface area (Å²) in [6.07, 6.45) is 5.44. The summed E-state index contributed by atoms with van der Waals surface area (Å²) in [5.41, 5.74) is 1.00. The molecule has 3 heterocycles. The minimum absolute atomic E-state index is 0.0906. The fourth-order valence-electron chi connectivity index (χ4n) is 4.61. The molecule has 1 aliphatic heterocycles.